The smallest absolute Gasteiger partial charge is 0.270 e. The van der Waals surface area contributed by atoms with Gasteiger partial charge in [0, 0.05) is 17.8 Å². The Hall–Kier alpha value is -3.78. The number of aryl methyl sites for hydroxylation is 1. The second-order valence-corrected chi connectivity index (χ2v) is 7.25. The van der Waals surface area contributed by atoms with Crippen LogP contribution in [0.1, 0.15) is 18.2 Å². The lowest BCUT2D eigenvalue weighted by Crippen LogP contribution is -2.54. The third kappa shape index (κ3) is 4.10. The van der Waals surface area contributed by atoms with Gasteiger partial charge in [-0.05, 0) is 68.5 Å². The summed E-state index contributed by atoms with van der Waals surface area (Å²) in [7, 11) is 0. The summed E-state index contributed by atoms with van der Waals surface area (Å²) in [6.07, 6.45) is 3.19. The summed E-state index contributed by atoms with van der Waals surface area (Å²) in [5.74, 6) is 0.307. The van der Waals surface area contributed by atoms with Crippen LogP contribution < -0.4 is 15.0 Å². The van der Waals surface area contributed by atoms with Gasteiger partial charge < -0.3 is 4.74 Å². The van der Waals surface area contributed by atoms with E-state index in [1.54, 1.807) is 41.2 Å². The summed E-state index contributed by atoms with van der Waals surface area (Å²) in [4.78, 5) is 26.9. The number of anilines is 1. The molecular weight excluding hydrogens is 412 g/mol. The van der Waals surface area contributed by atoms with Crippen LogP contribution in [0.5, 0.6) is 11.5 Å². The van der Waals surface area contributed by atoms with Gasteiger partial charge in [-0.3, -0.25) is 24.5 Å². The van der Waals surface area contributed by atoms with Crippen molar-refractivity contribution >= 4 is 40.9 Å². The first kappa shape index (κ1) is 20.5. The zero-order chi connectivity index (χ0) is 22.0. The van der Waals surface area contributed by atoms with E-state index in [4.69, 9.17) is 17.0 Å². The van der Waals surface area contributed by atoms with Crippen molar-refractivity contribution in [1.29, 1.82) is 0 Å². The molecule has 2 amide bonds. The standard InChI is InChI=1S/C23H20N4O3S/c1-3-26-15(2)16(14-24-26)13-20-21(28)25-23(31)27(22(20)29)17-9-11-19(12-10-17)30-18-7-5-4-6-8-18/h4-14H,3H2,1-2H3,(H,25,28,31). The number of hydrogen-bond donors (Lipinski definition) is 1. The molecule has 1 aliphatic rings. The highest BCUT2D eigenvalue weighted by Gasteiger charge is 2.34. The number of hydrogen-bond acceptors (Lipinski definition) is 5. The van der Waals surface area contributed by atoms with Crippen LogP contribution in [0.4, 0.5) is 5.69 Å². The zero-order valence-corrected chi connectivity index (χ0v) is 17.8. The molecule has 156 valence electrons. The normalized spacial score (nSPS) is 15.4. The van der Waals surface area contributed by atoms with Gasteiger partial charge in [-0.2, -0.15) is 5.10 Å². The maximum atomic E-state index is 13.2. The van der Waals surface area contributed by atoms with E-state index in [2.05, 4.69) is 10.4 Å². The number of ether oxygens (including phenoxy) is 1. The van der Waals surface area contributed by atoms with E-state index in [-0.39, 0.29) is 10.7 Å². The van der Waals surface area contributed by atoms with E-state index in [0.717, 1.165) is 5.69 Å². The van der Waals surface area contributed by atoms with Crippen molar-refractivity contribution in [2.75, 3.05) is 4.90 Å². The van der Waals surface area contributed by atoms with Crippen molar-refractivity contribution in [3.05, 3.63) is 77.6 Å². The number of aromatic nitrogens is 2. The molecule has 0 bridgehead atoms. The largest absolute Gasteiger partial charge is 0.457 e. The molecule has 1 aliphatic heterocycles. The molecule has 0 atom stereocenters. The van der Waals surface area contributed by atoms with Crippen LogP contribution in [-0.2, 0) is 16.1 Å². The lowest BCUT2D eigenvalue weighted by molar-refractivity contribution is -0.122. The number of nitrogens with one attached hydrogen (secondary N) is 1. The Labute approximate surface area is 184 Å². The first-order chi connectivity index (χ1) is 15.0. The minimum absolute atomic E-state index is 0.00281. The van der Waals surface area contributed by atoms with Crippen molar-refractivity contribution in [2.45, 2.75) is 20.4 Å². The van der Waals surface area contributed by atoms with Gasteiger partial charge in [-0.15, -0.1) is 0 Å². The molecule has 2 heterocycles. The third-order valence-electron chi connectivity index (χ3n) is 4.92. The molecule has 0 radical (unpaired) electrons. The van der Waals surface area contributed by atoms with E-state index in [0.29, 0.717) is 29.3 Å². The molecule has 1 aromatic heterocycles. The quantitative estimate of drug-likeness (QED) is 0.377. The van der Waals surface area contributed by atoms with Gasteiger partial charge in [0.1, 0.15) is 17.1 Å². The Bertz CT molecular complexity index is 1180. The molecule has 2 aromatic carbocycles. The molecule has 1 saturated heterocycles. The lowest BCUT2D eigenvalue weighted by Gasteiger charge is -2.29. The zero-order valence-electron chi connectivity index (χ0n) is 17.0. The maximum absolute atomic E-state index is 13.2. The molecule has 0 saturated carbocycles. The fraction of sp³-hybridized carbons (Fsp3) is 0.130. The Morgan fingerprint density at radius 1 is 1.06 bits per heavy atom. The number of carbonyl (C=O) groups excluding carboxylic acids is 2. The van der Waals surface area contributed by atoms with Crippen molar-refractivity contribution < 1.29 is 14.3 Å². The molecule has 31 heavy (non-hydrogen) atoms. The van der Waals surface area contributed by atoms with Crippen LogP contribution in [0, 0.1) is 6.92 Å². The molecule has 3 aromatic rings. The van der Waals surface area contributed by atoms with Gasteiger partial charge in [-0.25, -0.2) is 0 Å². The first-order valence-electron chi connectivity index (χ1n) is 9.74. The third-order valence-corrected chi connectivity index (χ3v) is 5.20. The Kier molecular flexibility index (Phi) is 5.64. The van der Waals surface area contributed by atoms with Gasteiger partial charge >= 0.3 is 0 Å². The fourth-order valence-corrected chi connectivity index (χ4v) is 3.54. The van der Waals surface area contributed by atoms with Gasteiger partial charge in [0.2, 0.25) is 0 Å². The summed E-state index contributed by atoms with van der Waals surface area (Å²) in [6, 6.07) is 16.3. The van der Waals surface area contributed by atoms with Crippen LogP contribution in [0.2, 0.25) is 0 Å². The van der Waals surface area contributed by atoms with Gasteiger partial charge in [0.25, 0.3) is 11.8 Å². The lowest BCUT2D eigenvalue weighted by atomic mass is 10.1. The van der Waals surface area contributed by atoms with Crippen molar-refractivity contribution in [2.24, 2.45) is 0 Å². The number of rotatable bonds is 5. The van der Waals surface area contributed by atoms with Crippen molar-refractivity contribution in [3.63, 3.8) is 0 Å². The molecule has 7 nitrogen and oxygen atoms in total. The number of para-hydroxylation sites is 1. The van der Waals surface area contributed by atoms with Gasteiger partial charge in [0.15, 0.2) is 5.11 Å². The summed E-state index contributed by atoms with van der Waals surface area (Å²) in [6.45, 7) is 4.56. The highest BCUT2D eigenvalue weighted by Crippen LogP contribution is 2.27. The number of nitrogens with zero attached hydrogens (tertiary/aromatic N) is 3. The Morgan fingerprint density at radius 2 is 1.74 bits per heavy atom. The highest BCUT2D eigenvalue weighted by atomic mass is 32.1. The number of benzene rings is 2. The fourth-order valence-electron chi connectivity index (χ4n) is 3.26. The monoisotopic (exact) mass is 432 g/mol. The molecule has 0 spiro atoms. The molecular formula is C23H20N4O3S. The number of thiocarbonyl (C=S) groups is 1. The second-order valence-electron chi connectivity index (χ2n) is 6.87. The van der Waals surface area contributed by atoms with Crippen molar-refractivity contribution in [3.8, 4) is 11.5 Å². The van der Waals surface area contributed by atoms with Crippen molar-refractivity contribution in [1.82, 2.24) is 15.1 Å². The highest BCUT2D eigenvalue weighted by molar-refractivity contribution is 7.80. The summed E-state index contributed by atoms with van der Waals surface area (Å²) in [5.41, 5.74) is 2.11. The van der Waals surface area contributed by atoms with E-state index in [1.807, 2.05) is 44.2 Å². The van der Waals surface area contributed by atoms with Crippen LogP contribution in [0.25, 0.3) is 6.08 Å². The van der Waals surface area contributed by atoms with Gasteiger partial charge in [-0.1, -0.05) is 18.2 Å². The molecule has 8 heteroatoms. The van der Waals surface area contributed by atoms with E-state index in [9.17, 15) is 9.59 Å². The minimum atomic E-state index is -0.529. The Morgan fingerprint density at radius 3 is 2.39 bits per heavy atom. The number of amides is 2. The summed E-state index contributed by atoms with van der Waals surface area (Å²) in [5, 5.41) is 6.89. The molecule has 0 aliphatic carbocycles. The average molecular weight is 433 g/mol. The maximum Gasteiger partial charge on any atom is 0.270 e. The molecule has 1 fully saturated rings. The minimum Gasteiger partial charge on any atom is -0.457 e. The average Bonchev–Trinajstić information content (AvgIpc) is 3.12. The van der Waals surface area contributed by atoms with Gasteiger partial charge in [0.05, 0.1) is 11.9 Å². The molecule has 0 unspecified atom stereocenters. The molecule has 4 rings (SSSR count). The van der Waals surface area contributed by atoms with Crippen LogP contribution in [0.3, 0.4) is 0 Å². The topological polar surface area (TPSA) is 76.5 Å². The molecule has 1 N–H and O–H groups in total. The van der Waals surface area contributed by atoms with Crippen LogP contribution >= 0.6 is 12.2 Å². The first-order valence-corrected chi connectivity index (χ1v) is 10.2. The van der Waals surface area contributed by atoms with E-state index >= 15 is 0 Å². The van der Waals surface area contributed by atoms with E-state index in [1.165, 1.54) is 4.90 Å². The predicted octanol–water partition coefficient (Wildman–Crippen LogP) is 3.84. The summed E-state index contributed by atoms with van der Waals surface area (Å²) >= 11 is 5.27. The SMILES string of the molecule is CCn1ncc(C=C2C(=O)NC(=S)N(c3ccc(Oc4ccccc4)cc3)C2=O)c1C. The summed E-state index contributed by atoms with van der Waals surface area (Å²) < 4.78 is 7.59. The number of carbonyl (C=O) groups is 2. The predicted molar refractivity (Wildman–Crippen MR) is 122 cm³/mol. The van der Waals surface area contributed by atoms with Crippen LogP contribution in [0.15, 0.2) is 66.4 Å². The second kappa shape index (κ2) is 8.53. The Balaban J connectivity index is 1.61. The van der Waals surface area contributed by atoms with E-state index < -0.39 is 11.8 Å². The van der Waals surface area contributed by atoms with Crippen LogP contribution in [-0.4, -0.2) is 26.7 Å².